The number of hydrogen-bond donors (Lipinski definition) is 1. The number of nitrogens with zero attached hydrogens (tertiary/aromatic N) is 6. The van der Waals surface area contributed by atoms with Crippen LogP contribution in [-0.2, 0) is 24.2 Å². The van der Waals surface area contributed by atoms with E-state index in [1.54, 1.807) is 13.3 Å². The molecule has 3 aromatic heterocycles. The maximum atomic E-state index is 13.4. The first-order chi connectivity index (χ1) is 23.3. The van der Waals surface area contributed by atoms with Crippen LogP contribution < -0.4 is 5.32 Å². The molecule has 1 fully saturated rings. The van der Waals surface area contributed by atoms with Gasteiger partial charge in [-0.25, -0.2) is 4.98 Å². The number of fused-ring (bicyclic) bond motifs is 1. The minimum Gasteiger partial charge on any atom is -0.385 e. The summed E-state index contributed by atoms with van der Waals surface area (Å²) in [5.41, 5.74) is 9.42. The van der Waals surface area contributed by atoms with E-state index in [0.717, 1.165) is 78.6 Å². The van der Waals surface area contributed by atoms with Crippen molar-refractivity contribution in [3.8, 4) is 11.8 Å². The molecule has 248 valence electrons. The van der Waals surface area contributed by atoms with E-state index in [2.05, 4.69) is 76.1 Å². The van der Waals surface area contributed by atoms with Crippen molar-refractivity contribution in [2.45, 2.75) is 52.7 Å². The average Bonchev–Trinajstić information content (AvgIpc) is 3.71. The highest BCUT2D eigenvalue weighted by molar-refractivity contribution is 5.98. The van der Waals surface area contributed by atoms with E-state index in [-0.39, 0.29) is 5.78 Å². The lowest BCUT2D eigenvalue weighted by molar-refractivity contribution is 0.0991. The van der Waals surface area contributed by atoms with Crippen LogP contribution >= 0.6 is 0 Å². The molecule has 0 bridgehead atoms. The lowest BCUT2D eigenvalue weighted by Crippen LogP contribution is -2.49. The van der Waals surface area contributed by atoms with E-state index in [1.165, 1.54) is 11.1 Å². The number of ketones is 1. The van der Waals surface area contributed by atoms with Gasteiger partial charge in [0.15, 0.2) is 11.4 Å². The van der Waals surface area contributed by atoms with Crippen LogP contribution in [-0.4, -0.2) is 81.2 Å². The Kier molecular flexibility index (Phi) is 10.4. The van der Waals surface area contributed by atoms with Gasteiger partial charge in [0.2, 0.25) is 0 Å². The number of anilines is 2. The topological polar surface area (TPSA) is 79.9 Å². The van der Waals surface area contributed by atoms with Crippen LogP contribution in [0.2, 0.25) is 0 Å². The van der Waals surface area contributed by atoms with E-state index < -0.39 is 0 Å². The van der Waals surface area contributed by atoms with Crippen molar-refractivity contribution in [1.29, 1.82) is 0 Å². The molecule has 0 unspecified atom stereocenters. The maximum Gasteiger partial charge on any atom is 0.167 e. The van der Waals surface area contributed by atoms with Gasteiger partial charge in [0, 0.05) is 82.4 Å². The molecule has 1 aliphatic rings. The quantitative estimate of drug-likeness (QED) is 0.109. The fourth-order valence-corrected chi connectivity index (χ4v) is 6.18. The Hall–Kier alpha value is -4.75. The number of ether oxygens (including phenoxy) is 1. The number of carbonyl (C=O) groups excluding carboxylic acids is 1. The van der Waals surface area contributed by atoms with Crippen LogP contribution in [0.5, 0.6) is 0 Å². The highest BCUT2D eigenvalue weighted by Gasteiger charge is 2.21. The van der Waals surface area contributed by atoms with Crippen molar-refractivity contribution >= 4 is 22.8 Å². The Morgan fingerprint density at radius 2 is 1.94 bits per heavy atom. The standard InChI is InChI=1S/C39H45N7O2/c1-28-9-11-33(38(47)21-31-10-12-34(29(2)20-31)26-44-18-17-43(4)30(3)25-44)22-32(28)13-14-36-24-40-39-37(8-6-16-46(36)39)42-35-23-41-45(27-35)15-7-19-48-5/h6,8-12,16,20,22-24,27,30,42H,7,15,17-19,21,25-26H2,1-5H3/t30-/m0/s1. The number of hydrogen-bond acceptors (Lipinski definition) is 7. The van der Waals surface area contributed by atoms with Crippen molar-refractivity contribution in [1.82, 2.24) is 29.0 Å². The molecule has 1 N–H and O–H groups in total. The van der Waals surface area contributed by atoms with Gasteiger partial charge in [0.1, 0.15) is 5.69 Å². The third-order valence-corrected chi connectivity index (χ3v) is 9.28. The van der Waals surface area contributed by atoms with Gasteiger partial charge >= 0.3 is 0 Å². The molecule has 4 heterocycles. The first-order valence-electron chi connectivity index (χ1n) is 16.7. The van der Waals surface area contributed by atoms with Crippen molar-refractivity contribution in [2.24, 2.45) is 0 Å². The largest absolute Gasteiger partial charge is 0.385 e. The molecule has 0 aliphatic carbocycles. The van der Waals surface area contributed by atoms with Crippen molar-refractivity contribution < 1.29 is 9.53 Å². The summed E-state index contributed by atoms with van der Waals surface area (Å²) in [6.45, 7) is 12.2. The zero-order valence-electron chi connectivity index (χ0n) is 28.7. The molecule has 2 aromatic carbocycles. The first-order valence-corrected chi connectivity index (χ1v) is 16.7. The van der Waals surface area contributed by atoms with Crippen LogP contribution in [0.25, 0.3) is 5.65 Å². The summed E-state index contributed by atoms with van der Waals surface area (Å²) in [7, 11) is 3.90. The van der Waals surface area contributed by atoms with Crippen LogP contribution in [0.1, 0.15) is 57.2 Å². The van der Waals surface area contributed by atoms with E-state index in [1.807, 2.05) is 64.9 Å². The summed E-state index contributed by atoms with van der Waals surface area (Å²) in [6.07, 6.45) is 8.78. The fraction of sp³-hybridized carbons (Fsp3) is 0.359. The summed E-state index contributed by atoms with van der Waals surface area (Å²) < 4.78 is 9.02. The molecule has 1 aliphatic heterocycles. The highest BCUT2D eigenvalue weighted by Crippen LogP contribution is 2.22. The van der Waals surface area contributed by atoms with Crippen LogP contribution in [0.4, 0.5) is 11.4 Å². The fourth-order valence-electron chi connectivity index (χ4n) is 6.18. The zero-order valence-corrected chi connectivity index (χ0v) is 28.7. The predicted octanol–water partition coefficient (Wildman–Crippen LogP) is 5.89. The number of carbonyl (C=O) groups is 1. The van der Waals surface area contributed by atoms with Crippen molar-refractivity contribution in [3.63, 3.8) is 0 Å². The Morgan fingerprint density at radius 1 is 1.06 bits per heavy atom. The number of pyridine rings is 1. The summed E-state index contributed by atoms with van der Waals surface area (Å²) >= 11 is 0. The Labute approximate surface area is 283 Å². The number of benzene rings is 2. The second-order valence-electron chi connectivity index (χ2n) is 12.9. The molecule has 48 heavy (non-hydrogen) atoms. The molecular formula is C39H45N7O2. The van der Waals surface area contributed by atoms with Crippen molar-refractivity contribution in [3.05, 3.63) is 112 Å². The minimum atomic E-state index is 0.0885. The average molecular weight is 644 g/mol. The Morgan fingerprint density at radius 3 is 2.75 bits per heavy atom. The first kappa shape index (κ1) is 33.2. The molecule has 0 spiro atoms. The normalized spacial score (nSPS) is 15.4. The second kappa shape index (κ2) is 15.0. The number of likely N-dealkylation sites (N-methyl/N-ethyl adjacent to an activating group) is 1. The number of methoxy groups -OCH3 is 1. The molecule has 5 aromatic rings. The summed E-state index contributed by atoms with van der Waals surface area (Å²) in [4.78, 5) is 23.0. The third-order valence-electron chi connectivity index (χ3n) is 9.28. The van der Waals surface area contributed by atoms with Gasteiger partial charge in [0.05, 0.1) is 23.8 Å². The zero-order chi connectivity index (χ0) is 33.6. The van der Waals surface area contributed by atoms with Crippen molar-refractivity contribution in [2.75, 3.05) is 45.7 Å². The van der Waals surface area contributed by atoms with Gasteiger partial charge in [-0.2, -0.15) is 5.10 Å². The lowest BCUT2D eigenvalue weighted by Gasteiger charge is -2.37. The number of aryl methyl sites for hydroxylation is 3. The van der Waals surface area contributed by atoms with E-state index >= 15 is 0 Å². The van der Waals surface area contributed by atoms with Crippen LogP contribution in [0, 0.1) is 25.7 Å². The number of piperazine rings is 1. The van der Waals surface area contributed by atoms with Gasteiger partial charge in [-0.1, -0.05) is 36.3 Å². The van der Waals surface area contributed by atoms with E-state index in [9.17, 15) is 4.79 Å². The summed E-state index contributed by atoms with van der Waals surface area (Å²) in [6, 6.07) is 16.8. The third kappa shape index (κ3) is 7.85. The monoisotopic (exact) mass is 643 g/mol. The molecule has 0 radical (unpaired) electrons. The molecule has 9 nitrogen and oxygen atoms in total. The molecule has 0 saturated carbocycles. The molecule has 1 saturated heterocycles. The number of aromatic nitrogens is 4. The van der Waals surface area contributed by atoms with Gasteiger partial charge in [0.25, 0.3) is 0 Å². The van der Waals surface area contributed by atoms with Gasteiger partial charge < -0.3 is 15.0 Å². The Balaban J connectivity index is 1.13. The molecule has 1 atom stereocenters. The lowest BCUT2D eigenvalue weighted by atomic mass is 9.96. The number of nitrogens with one attached hydrogen (secondary N) is 1. The SMILES string of the molecule is COCCCn1cc(Nc2cccn3c(C#Cc4cc(C(=O)Cc5ccc(CN6CCN(C)[C@@H](C)C6)c(C)c5)ccc4C)cnc23)cn1. The highest BCUT2D eigenvalue weighted by atomic mass is 16.5. The molecule has 9 heteroatoms. The van der Waals surface area contributed by atoms with Gasteiger partial charge in [-0.15, -0.1) is 0 Å². The predicted molar refractivity (Wildman–Crippen MR) is 191 cm³/mol. The number of Topliss-reactive ketones (excluding diaryl/α,β-unsaturated/α-hetero) is 1. The van der Waals surface area contributed by atoms with E-state index in [4.69, 9.17) is 4.74 Å². The second-order valence-corrected chi connectivity index (χ2v) is 12.9. The number of imidazole rings is 1. The van der Waals surface area contributed by atoms with Crippen LogP contribution in [0.15, 0.2) is 73.3 Å². The molecule has 0 amide bonds. The Bertz CT molecular complexity index is 1960. The maximum absolute atomic E-state index is 13.4. The van der Waals surface area contributed by atoms with Crippen LogP contribution in [0.3, 0.4) is 0 Å². The van der Waals surface area contributed by atoms with E-state index in [0.29, 0.717) is 24.6 Å². The minimum absolute atomic E-state index is 0.0885. The van der Waals surface area contributed by atoms with Gasteiger partial charge in [-0.3, -0.25) is 18.8 Å². The summed E-state index contributed by atoms with van der Waals surface area (Å²) in [5.74, 6) is 6.69. The number of rotatable bonds is 11. The summed E-state index contributed by atoms with van der Waals surface area (Å²) in [5, 5.41) is 7.87. The van der Waals surface area contributed by atoms with Gasteiger partial charge in [-0.05, 0) is 80.6 Å². The smallest absolute Gasteiger partial charge is 0.167 e. The molecular weight excluding hydrogens is 598 g/mol. The molecule has 6 rings (SSSR count).